The molecule has 0 bridgehead atoms. The van der Waals surface area contributed by atoms with Crippen LogP contribution >= 0.6 is 0 Å². The number of pyridine rings is 2. The van der Waals surface area contributed by atoms with Crippen LogP contribution in [0.5, 0.6) is 0 Å². The van der Waals surface area contributed by atoms with Gasteiger partial charge in [-0.25, -0.2) is 0 Å². The molecule has 0 aliphatic rings. The molecule has 0 aromatic carbocycles. The highest BCUT2D eigenvalue weighted by molar-refractivity contribution is 5.80. The smallest absolute Gasteiger partial charge is 0.308 e. The van der Waals surface area contributed by atoms with Gasteiger partial charge in [-0.2, -0.15) is 0 Å². The molecule has 94 valence electrons. The first kappa shape index (κ1) is 12.3. The summed E-state index contributed by atoms with van der Waals surface area (Å²) < 4.78 is 5.13. The van der Waals surface area contributed by atoms with Gasteiger partial charge in [-0.05, 0) is 12.1 Å². The molecule has 1 N–H and O–H groups in total. The molecule has 2 aromatic rings. The van der Waals surface area contributed by atoms with Crippen LogP contribution in [0.4, 0.5) is 0 Å². The second-order valence-corrected chi connectivity index (χ2v) is 4.30. The number of nitrogens with zero attached hydrogens (tertiary/aromatic N) is 1. The average molecular weight is 246 g/mol. The molecule has 2 heterocycles. The first-order valence-corrected chi connectivity index (χ1v) is 5.71. The number of nitrogens with one attached hydrogen (secondary N) is 1. The molecule has 0 spiro atoms. The Kier molecular flexibility index (Phi) is 3.41. The van der Waals surface area contributed by atoms with Gasteiger partial charge in [0.15, 0.2) is 0 Å². The van der Waals surface area contributed by atoms with Gasteiger partial charge < -0.3 is 9.72 Å². The Balaban J connectivity index is 2.28. The number of carbonyl (C=O) groups is 1. The fraction of sp³-hybridized carbons (Fsp3) is 0.308. The van der Waals surface area contributed by atoms with Gasteiger partial charge in [-0.15, -0.1) is 0 Å². The van der Waals surface area contributed by atoms with Gasteiger partial charge >= 0.3 is 5.97 Å². The van der Waals surface area contributed by atoms with Crippen molar-refractivity contribution in [3.8, 4) is 0 Å². The van der Waals surface area contributed by atoms with E-state index < -0.39 is 0 Å². The third-order valence-corrected chi connectivity index (χ3v) is 2.55. The Morgan fingerprint density at radius 1 is 1.39 bits per heavy atom. The summed E-state index contributed by atoms with van der Waals surface area (Å²) in [5, 5.41) is 0.786. The largest absolute Gasteiger partial charge is 0.459 e. The molecule has 0 atom stereocenters. The van der Waals surface area contributed by atoms with Crippen LogP contribution in [0.2, 0.25) is 0 Å². The van der Waals surface area contributed by atoms with Crippen molar-refractivity contribution in [2.24, 2.45) is 5.92 Å². The van der Waals surface area contributed by atoms with Crippen molar-refractivity contribution in [3.63, 3.8) is 0 Å². The van der Waals surface area contributed by atoms with Crippen LogP contribution in [0.1, 0.15) is 19.5 Å². The second kappa shape index (κ2) is 5.00. The van der Waals surface area contributed by atoms with E-state index in [4.69, 9.17) is 4.74 Å². The molecular formula is C13H14N2O3. The van der Waals surface area contributed by atoms with Crippen LogP contribution in [0.3, 0.4) is 0 Å². The first-order valence-electron chi connectivity index (χ1n) is 5.71. The summed E-state index contributed by atoms with van der Waals surface area (Å²) in [5.41, 5.74) is 1.16. The van der Waals surface area contributed by atoms with E-state index in [2.05, 4.69) is 9.97 Å². The molecule has 0 saturated heterocycles. The maximum Gasteiger partial charge on any atom is 0.308 e. The number of carbonyl (C=O) groups excluding carboxylic acids is 1. The van der Waals surface area contributed by atoms with E-state index in [0.29, 0.717) is 11.2 Å². The number of aromatic nitrogens is 2. The predicted molar refractivity (Wildman–Crippen MR) is 67.0 cm³/mol. The van der Waals surface area contributed by atoms with Crippen molar-refractivity contribution < 1.29 is 9.53 Å². The molecule has 18 heavy (non-hydrogen) atoms. The van der Waals surface area contributed by atoms with E-state index in [1.165, 1.54) is 6.07 Å². The van der Waals surface area contributed by atoms with E-state index in [9.17, 15) is 9.59 Å². The summed E-state index contributed by atoms with van der Waals surface area (Å²) in [4.78, 5) is 29.5. The third-order valence-electron chi connectivity index (χ3n) is 2.55. The average Bonchev–Trinajstić information content (AvgIpc) is 2.35. The minimum atomic E-state index is -0.266. The molecule has 0 unspecified atom stereocenters. The van der Waals surface area contributed by atoms with E-state index in [-0.39, 0.29) is 24.1 Å². The topological polar surface area (TPSA) is 72.0 Å². The van der Waals surface area contributed by atoms with Crippen LogP contribution < -0.4 is 5.56 Å². The Morgan fingerprint density at radius 3 is 2.89 bits per heavy atom. The fourth-order valence-corrected chi connectivity index (χ4v) is 1.57. The van der Waals surface area contributed by atoms with E-state index >= 15 is 0 Å². The lowest BCUT2D eigenvalue weighted by atomic mass is 10.2. The maximum absolute atomic E-state index is 11.4. The number of aromatic amines is 1. The van der Waals surface area contributed by atoms with Crippen molar-refractivity contribution in [2.45, 2.75) is 20.5 Å². The molecule has 2 aromatic heterocycles. The Labute approximate surface area is 104 Å². The van der Waals surface area contributed by atoms with Gasteiger partial charge in [0.1, 0.15) is 6.61 Å². The van der Waals surface area contributed by atoms with Crippen LogP contribution in [0.15, 0.2) is 29.2 Å². The van der Waals surface area contributed by atoms with Crippen LogP contribution in [-0.2, 0) is 16.1 Å². The summed E-state index contributed by atoms with van der Waals surface area (Å²) in [6.07, 6.45) is 1.58. The van der Waals surface area contributed by atoms with Gasteiger partial charge in [0.05, 0.1) is 17.1 Å². The minimum Gasteiger partial charge on any atom is -0.459 e. The summed E-state index contributed by atoms with van der Waals surface area (Å²) in [6, 6.07) is 4.82. The highest BCUT2D eigenvalue weighted by Crippen LogP contribution is 2.14. The SMILES string of the molecule is CC(C)C(=O)OCc1nccc2[nH]c(=O)ccc12. The van der Waals surface area contributed by atoms with Crippen molar-refractivity contribution in [1.82, 2.24) is 9.97 Å². The van der Waals surface area contributed by atoms with Crippen LogP contribution in [-0.4, -0.2) is 15.9 Å². The van der Waals surface area contributed by atoms with Crippen molar-refractivity contribution in [3.05, 3.63) is 40.4 Å². The molecule has 0 radical (unpaired) electrons. The molecule has 0 aliphatic carbocycles. The van der Waals surface area contributed by atoms with Crippen molar-refractivity contribution in [2.75, 3.05) is 0 Å². The van der Waals surface area contributed by atoms with E-state index in [1.807, 2.05) is 0 Å². The number of H-pyrrole nitrogens is 1. The number of esters is 1. The van der Waals surface area contributed by atoms with Gasteiger partial charge in [0.2, 0.25) is 5.56 Å². The molecule has 5 nitrogen and oxygen atoms in total. The minimum absolute atomic E-state index is 0.112. The highest BCUT2D eigenvalue weighted by Gasteiger charge is 2.10. The zero-order valence-electron chi connectivity index (χ0n) is 10.3. The number of hydrogen-bond acceptors (Lipinski definition) is 4. The lowest BCUT2D eigenvalue weighted by Crippen LogP contribution is -2.12. The van der Waals surface area contributed by atoms with Gasteiger partial charge in [0, 0.05) is 17.6 Å². The van der Waals surface area contributed by atoms with Crippen LogP contribution in [0.25, 0.3) is 10.9 Å². The van der Waals surface area contributed by atoms with Gasteiger partial charge in [-0.1, -0.05) is 13.8 Å². The molecule has 0 fully saturated rings. The molecule has 0 saturated carbocycles. The first-order chi connectivity index (χ1) is 8.58. The normalized spacial score (nSPS) is 10.8. The zero-order chi connectivity index (χ0) is 13.1. The maximum atomic E-state index is 11.4. The Bertz CT molecular complexity index is 631. The van der Waals surface area contributed by atoms with E-state index in [0.717, 1.165) is 5.39 Å². The van der Waals surface area contributed by atoms with Crippen LogP contribution in [0, 0.1) is 5.92 Å². The summed E-state index contributed by atoms with van der Waals surface area (Å²) in [6.45, 7) is 3.66. The zero-order valence-corrected chi connectivity index (χ0v) is 10.3. The number of ether oxygens (including phenoxy) is 1. The standard InChI is InChI=1S/C13H14N2O3/c1-8(2)13(17)18-7-11-9-3-4-12(16)15-10(9)5-6-14-11/h3-6,8H,7H2,1-2H3,(H,15,16). The predicted octanol–water partition coefficient (Wildman–Crippen LogP) is 1.62. The number of rotatable bonds is 3. The summed E-state index contributed by atoms with van der Waals surface area (Å²) in [5.74, 6) is -0.432. The summed E-state index contributed by atoms with van der Waals surface area (Å²) >= 11 is 0. The molecule has 0 aliphatic heterocycles. The fourth-order valence-electron chi connectivity index (χ4n) is 1.57. The number of fused-ring (bicyclic) bond motifs is 1. The monoisotopic (exact) mass is 246 g/mol. The van der Waals surface area contributed by atoms with E-state index in [1.54, 1.807) is 32.2 Å². The summed E-state index contributed by atoms with van der Waals surface area (Å²) in [7, 11) is 0. The number of hydrogen-bond donors (Lipinski definition) is 1. The second-order valence-electron chi connectivity index (χ2n) is 4.30. The molecule has 0 amide bonds. The lowest BCUT2D eigenvalue weighted by Gasteiger charge is -2.08. The molecule has 2 rings (SSSR count). The third kappa shape index (κ3) is 2.56. The lowest BCUT2D eigenvalue weighted by molar-refractivity contribution is -0.148. The van der Waals surface area contributed by atoms with Crippen molar-refractivity contribution >= 4 is 16.9 Å². The Morgan fingerprint density at radius 2 is 2.17 bits per heavy atom. The Hall–Kier alpha value is -2.17. The molecule has 5 heteroatoms. The van der Waals surface area contributed by atoms with Crippen molar-refractivity contribution in [1.29, 1.82) is 0 Å². The quantitative estimate of drug-likeness (QED) is 0.835. The molecular weight excluding hydrogens is 232 g/mol. The highest BCUT2D eigenvalue weighted by atomic mass is 16.5. The van der Waals surface area contributed by atoms with Gasteiger partial charge in [-0.3, -0.25) is 14.6 Å². The van der Waals surface area contributed by atoms with Gasteiger partial charge in [0.25, 0.3) is 0 Å².